The van der Waals surface area contributed by atoms with E-state index in [4.69, 9.17) is 10.3 Å². The second-order valence-corrected chi connectivity index (χ2v) is 7.36. The van der Waals surface area contributed by atoms with Gasteiger partial charge in [0, 0.05) is 44.2 Å². The predicted molar refractivity (Wildman–Crippen MR) is 102 cm³/mol. The SMILES string of the molecule is CCN1CCN(CCc2noc(-c3ccc4c(c3)CCCC4N)n2)C(=O)C1=O. The van der Waals surface area contributed by atoms with E-state index < -0.39 is 11.8 Å². The van der Waals surface area contributed by atoms with Crippen molar-refractivity contribution in [3.05, 3.63) is 35.2 Å². The van der Waals surface area contributed by atoms with Crippen LogP contribution in [-0.2, 0) is 22.4 Å². The molecule has 1 aromatic carbocycles. The number of hydrogen-bond donors (Lipinski definition) is 1. The van der Waals surface area contributed by atoms with Crippen molar-refractivity contribution in [2.24, 2.45) is 5.73 Å². The van der Waals surface area contributed by atoms with Crippen LogP contribution in [0.1, 0.15) is 42.8 Å². The fourth-order valence-electron chi connectivity index (χ4n) is 3.92. The van der Waals surface area contributed by atoms with E-state index in [1.54, 1.807) is 9.80 Å². The van der Waals surface area contributed by atoms with Gasteiger partial charge in [0.15, 0.2) is 5.82 Å². The number of carbonyl (C=O) groups excluding carboxylic acids is 2. The first kappa shape index (κ1) is 18.6. The lowest BCUT2D eigenvalue weighted by Crippen LogP contribution is -2.54. The molecule has 1 aliphatic heterocycles. The summed E-state index contributed by atoms with van der Waals surface area (Å²) in [6.45, 7) is 3.93. The van der Waals surface area contributed by atoms with Crippen molar-refractivity contribution in [1.82, 2.24) is 19.9 Å². The third kappa shape index (κ3) is 3.52. The molecule has 8 nitrogen and oxygen atoms in total. The summed E-state index contributed by atoms with van der Waals surface area (Å²) in [5, 5.41) is 4.04. The molecule has 1 atom stereocenters. The Labute approximate surface area is 163 Å². The maximum atomic E-state index is 12.2. The molecule has 0 saturated carbocycles. The molecule has 4 rings (SSSR count). The van der Waals surface area contributed by atoms with Crippen LogP contribution >= 0.6 is 0 Å². The number of rotatable bonds is 5. The Morgan fingerprint density at radius 1 is 1.21 bits per heavy atom. The van der Waals surface area contributed by atoms with Gasteiger partial charge in [-0.2, -0.15) is 4.98 Å². The van der Waals surface area contributed by atoms with Gasteiger partial charge < -0.3 is 20.1 Å². The maximum absolute atomic E-state index is 12.2. The molecule has 8 heteroatoms. The summed E-state index contributed by atoms with van der Waals surface area (Å²) in [5.74, 6) is 0.107. The highest BCUT2D eigenvalue weighted by atomic mass is 16.5. The van der Waals surface area contributed by atoms with E-state index in [0.717, 1.165) is 24.8 Å². The Bertz CT molecular complexity index is 894. The second-order valence-electron chi connectivity index (χ2n) is 7.36. The summed E-state index contributed by atoms with van der Waals surface area (Å²) in [7, 11) is 0. The van der Waals surface area contributed by atoms with Crippen molar-refractivity contribution in [2.45, 2.75) is 38.6 Å². The topological polar surface area (TPSA) is 106 Å². The van der Waals surface area contributed by atoms with Crippen LogP contribution in [0.2, 0.25) is 0 Å². The zero-order valence-corrected chi connectivity index (χ0v) is 16.1. The van der Waals surface area contributed by atoms with E-state index in [1.165, 1.54) is 11.1 Å². The minimum absolute atomic E-state index is 0.101. The van der Waals surface area contributed by atoms with E-state index in [1.807, 2.05) is 13.0 Å². The van der Waals surface area contributed by atoms with Crippen molar-refractivity contribution < 1.29 is 14.1 Å². The lowest BCUT2D eigenvalue weighted by Gasteiger charge is -2.32. The first-order valence-corrected chi connectivity index (χ1v) is 9.86. The number of piperazine rings is 1. The molecule has 2 aliphatic rings. The van der Waals surface area contributed by atoms with Crippen molar-refractivity contribution >= 4 is 11.8 Å². The Kier molecular flexibility index (Phi) is 5.13. The van der Waals surface area contributed by atoms with Crippen LogP contribution in [0.3, 0.4) is 0 Å². The molecule has 1 aliphatic carbocycles. The second kappa shape index (κ2) is 7.71. The Morgan fingerprint density at radius 2 is 2.00 bits per heavy atom. The van der Waals surface area contributed by atoms with E-state index in [2.05, 4.69) is 22.3 Å². The minimum Gasteiger partial charge on any atom is -0.334 e. The molecule has 0 bridgehead atoms. The van der Waals surface area contributed by atoms with Gasteiger partial charge in [0.25, 0.3) is 5.89 Å². The molecule has 0 radical (unpaired) electrons. The Morgan fingerprint density at radius 3 is 2.82 bits per heavy atom. The molecule has 2 heterocycles. The highest BCUT2D eigenvalue weighted by Gasteiger charge is 2.31. The molecule has 1 aromatic heterocycles. The third-order valence-corrected chi connectivity index (χ3v) is 5.60. The standard InChI is InChI=1S/C20H25N5O3/c1-2-24-10-11-25(20(27)19(24)26)9-8-17-22-18(28-23-17)14-6-7-15-13(12-14)4-3-5-16(15)21/h6-7,12,16H,2-5,8-11,21H2,1H3. The zero-order chi connectivity index (χ0) is 19.7. The number of likely N-dealkylation sites (N-methyl/N-ethyl adjacent to an activating group) is 1. The van der Waals surface area contributed by atoms with Crippen LogP contribution in [0.5, 0.6) is 0 Å². The van der Waals surface area contributed by atoms with E-state index in [9.17, 15) is 9.59 Å². The monoisotopic (exact) mass is 383 g/mol. The summed E-state index contributed by atoms with van der Waals surface area (Å²) in [6.07, 6.45) is 3.57. The first-order chi connectivity index (χ1) is 13.6. The van der Waals surface area contributed by atoms with E-state index >= 15 is 0 Å². The molecule has 1 unspecified atom stereocenters. The Balaban J connectivity index is 1.41. The van der Waals surface area contributed by atoms with Crippen molar-refractivity contribution in [2.75, 3.05) is 26.2 Å². The number of aromatic nitrogens is 2. The fourth-order valence-corrected chi connectivity index (χ4v) is 3.92. The number of carbonyl (C=O) groups is 2. The highest BCUT2D eigenvalue weighted by Crippen LogP contribution is 2.31. The van der Waals surface area contributed by atoms with Crippen LogP contribution in [0.4, 0.5) is 0 Å². The highest BCUT2D eigenvalue weighted by molar-refractivity contribution is 6.35. The molecular weight excluding hydrogens is 358 g/mol. The van der Waals surface area contributed by atoms with E-state index in [-0.39, 0.29) is 6.04 Å². The molecule has 2 N–H and O–H groups in total. The fraction of sp³-hybridized carbons (Fsp3) is 0.500. The van der Waals surface area contributed by atoms with Gasteiger partial charge in [-0.15, -0.1) is 0 Å². The smallest absolute Gasteiger partial charge is 0.312 e. The summed E-state index contributed by atoms with van der Waals surface area (Å²) in [4.78, 5) is 31.7. The number of benzene rings is 1. The van der Waals surface area contributed by atoms with Crippen LogP contribution < -0.4 is 5.73 Å². The average Bonchev–Trinajstić information content (AvgIpc) is 3.18. The van der Waals surface area contributed by atoms with Crippen LogP contribution in [-0.4, -0.2) is 57.9 Å². The maximum Gasteiger partial charge on any atom is 0.312 e. The third-order valence-electron chi connectivity index (χ3n) is 5.60. The lowest BCUT2D eigenvalue weighted by molar-refractivity contribution is -0.155. The molecule has 2 amide bonds. The molecule has 1 saturated heterocycles. The number of aryl methyl sites for hydroxylation is 1. The van der Waals surface area contributed by atoms with Gasteiger partial charge in [-0.3, -0.25) is 9.59 Å². The number of nitrogens with two attached hydrogens (primary N) is 1. The minimum atomic E-state index is -0.456. The first-order valence-electron chi connectivity index (χ1n) is 9.86. The van der Waals surface area contributed by atoms with Gasteiger partial charge in [-0.05, 0) is 49.4 Å². The van der Waals surface area contributed by atoms with Crippen molar-refractivity contribution in [3.63, 3.8) is 0 Å². The van der Waals surface area contributed by atoms with Gasteiger partial charge in [-0.25, -0.2) is 0 Å². The van der Waals surface area contributed by atoms with Crippen LogP contribution in [0, 0.1) is 0 Å². The van der Waals surface area contributed by atoms with Gasteiger partial charge in [0.1, 0.15) is 0 Å². The van der Waals surface area contributed by atoms with Crippen molar-refractivity contribution in [1.29, 1.82) is 0 Å². The largest absolute Gasteiger partial charge is 0.334 e. The molecule has 148 valence electrons. The van der Waals surface area contributed by atoms with Crippen LogP contribution in [0.25, 0.3) is 11.5 Å². The molecule has 28 heavy (non-hydrogen) atoms. The number of hydrogen-bond acceptors (Lipinski definition) is 6. The molecule has 1 fully saturated rings. The quantitative estimate of drug-likeness (QED) is 0.781. The number of amides is 2. The zero-order valence-electron chi connectivity index (χ0n) is 16.1. The summed E-state index contributed by atoms with van der Waals surface area (Å²) >= 11 is 0. The normalized spacial score (nSPS) is 19.9. The lowest BCUT2D eigenvalue weighted by atomic mass is 9.87. The van der Waals surface area contributed by atoms with Gasteiger partial charge in [-0.1, -0.05) is 11.2 Å². The summed E-state index contributed by atoms with van der Waals surface area (Å²) in [5.41, 5.74) is 9.50. The van der Waals surface area contributed by atoms with Gasteiger partial charge in [0.05, 0.1) is 0 Å². The molecular formula is C20H25N5O3. The summed E-state index contributed by atoms with van der Waals surface area (Å²) < 4.78 is 5.42. The average molecular weight is 383 g/mol. The van der Waals surface area contributed by atoms with Gasteiger partial charge in [0.2, 0.25) is 0 Å². The van der Waals surface area contributed by atoms with Crippen molar-refractivity contribution in [3.8, 4) is 11.5 Å². The van der Waals surface area contributed by atoms with E-state index in [0.29, 0.717) is 44.3 Å². The Hall–Kier alpha value is -2.74. The molecule has 0 spiro atoms. The van der Waals surface area contributed by atoms with Gasteiger partial charge >= 0.3 is 11.8 Å². The van der Waals surface area contributed by atoms with Crippen LogP contribution in [0.15, 0.2) is 22.7 Å². The number of fused-ring (bicyclic) bond motifs is 1. The predicted octanol–water partition coefficient (Wildman–Crippen LogP) is 1.31. The summed E-state index contributed by atoms with van der Waals surface area (Å²) in [6, 6.07) is 6.20. The molecule has 2 aromatic rings. The number of nitrogens with zero attached hydrogens (tertiary/aromatic N) is 4.